The van der Waals surface area contributed by atoms with Gasteiger partial charge in [-0.15, -0.1) is 0 Å². The van der Waals surface area contributed by atoms with Crippen molar-refractivity contribution in [2.45, 2.75) is 58.5 Å². The van der Waals surface area contributed by atoms with E-state index < -0.39 is 7.92 Å². The fraction of sp³-hybridized carbons (Fsp3) is 0.424. The normalized spacial score (nSPS) is 27.9. The second kappa shape index (κ2) is 9.91. The molecule has 0 aromatic heterocycles. The molecule has 4 bridgehead atoms. The van der Waals surface area contributed by atoms with Crippen molar-refractivity contribution in [1.82, 2.24) is 0 Å². The Morgan fingerprint density at radius 2 is 1.27 bits per heavy atom. The van der Waals surface area contributed by atoms with Crippen LogP contribution in [0.1, 0.15) is 50.2 Å². The highest BCUT2D eigenvalue weighted by atomic mass is 31.1. The summed E-state index contributed by atoms with van der Waals surface area (Å²) in [6.45, 7) is 6.33. The highest BCUT2D eigenvalue weighted by Crippen LogP contribution is 2.59. The lowest BCUT2D eigenvalue weighted by Crippen LogP contribution is -2.58. The molecule has 0 saturated heterocycles. The minimum Gasteiger partial charge on any atom is -0.481 e. The minimum absolute atomic E-state index is 0.0327. The number of carbonyl (C=O) groups excluding carboxylic acids is 1. The fourth-order valence-corrected chi connectivity index (χ4v) is 10.1. The zero-order chi connectivity index (χ0) is 25.6. The SMILES string of the molecule is Cc1cc(P(c2ccccc2)c2ccccc2)cc(C)c1OCC(=O)OC1(C)C2CC3CC(C2)CC1C3. The van der Waals surface area contributed by atoms with Crippen LogP contribution >= 0.6 is 7.92 Å². The first-order valence-corrected chi connectivity index (χ1v) is 15.1. The zero-order valence-corrected chi connectivity index (χ0v) is 23.0. The second-order valence-corrected chi connectivity index (χ2v) is 13.9. The predicted octanol–water partition coefficient (Wildman–Crippen LogP) is 6.20. The van der Waals surface area contributed by atoms with Crippen molar-refractivity contribution < 1.29 is 14.3 Å². The summed E-state index contributed by atoms with van der Waals surface area (Å²) in [5, 5.41) is 3.94. The summed E-state index contributed by atoms with van der Waals surface area (Å²) in [6, 6.07) is 25.9. The summed E-state index contributed by atoms with van der Waals surface area (Å²) < 4.78 is 12.4. The number of rotatable bonds is 7. The van der Waals surface area contributed by atoms with Crippen molar-refractivity contribution >= 4 is 29.8 Å². The molecule has 4 heteroatoms. The molecule has 192 valence electrons. The standard InChI is InChI=1S/C33H37O3P/c1-22-14-30(37(28-10-6-4-7-11-28)29-12-8-5-9-13-29)15-23(2)32(22)35-21-31(34)36-33(3)26-17-24-16-25(19-26)20-27(33)18-24/h4-15,24-27H,16-21H2,1-3H3. The number of hydrogen-bond donors (Lipinski definition) is 0. The fourth-order valence-electron chi connectivity index (χ4n) is 7.58. The molecule has 37 heavy (non-hydrogen) atoms. The minimum atomic E-state index is -0.684. The highest BCUT2D eigenvalue weighted by molar-refractivity contribution is 7.79. The Morgan fingerprint density at radius 1 is 0.784 bits per heavy atom. The average Bonchev–Trinajstić information content (AvgIpc) is 2.88. The molecule has 0 aliphatic heterocycles. The summed E-state index contributed by atoms with van der Waals surface area (Å²) in [6.07, 6.45) is 6.30. The Balaban J connectivity index is 1.19. The van der Waals surface area contributed by atoms with E-state index in [-0.39, 0.29) is 18.2 Å². The van der Waals surface area contributed by atoms with E-state index in [1.54, 1.807) is 0 Å². The average molecular weight is 513 g/mol. The Bertz CT molecular complexity index is 1180. The molecular weight excluding hydrogens is 475 g/mol. The lowest BCUT2D eigenvalue weighted by molar-refractivity contribution is -0.204. The van der Waals surface area contributed by atoms with E-state index in [2.05, 4.69) is 93.6 Å². The van der Waals surface area contributed by atoms with Gasteiger partial charge in [0, 0.05) is 0 Å². The van der Waals surface area contributed by atoms with Crippen LogP contribution in [0.25, 0.3) is 0 Å². The number of benzene rings is 3. The smallest absolute Gasteiger partial charge is 0.344 e. The molecule has 0 spiro atoms. The van der Waals surface area contributed by atoms with Crippen LogP contribution in [-0.2, 0) is 9.53 Å². The van der Waals surface area contributed by atoms with Crippen LogP contribution in [0.15, 0.2) is 72.8 Å². The molecule has 4 saturated carbocycles. The van der Waals surface area contributed by atoms with Gasteiger partial charge in [0.25, 0.3) is 0 Å². The third kappa shape index (κ3) is 4.72. The molecule has 4 aliphatic rings. The Labute approximate surface area is 222 Å². The van der Waals surface area contributed by atoms with Gasteiger partial charge in [0.15, 0.2) is 6.61 Å². The Kier molecular flexibility index (Phi) is 6.61. The molecule has 0 radical (unpaired) electrons. The van der Waals surface area contributed by atoms with Crippen LogP contribution in [0.2, 0.25) is 0 Å². The molecule has 3 aromatic rings. The van der Waals surface area contributed by atoms with E-state index in [1.807, 2.05) is 0 Å². The molecule has 0 N–H and O–H groups in total. The van der Waals surface area contributed by atoms with Gasteiger partial charge in [0.2, 0.25) is 0 Å². The van der Waals surface area contributed by atoms with Gasteiger partial charge in [-0.05, 0) is 124 Å². The molecule has 4 fully saturated rings. The highest BCUT2D eigenvalue weighted by Gasteiger charge is 2.57. The predicted molar refractivity (Wildman–Crippen MR) is 152 cm³/mol. The van der Waals surface area contributed by atoms with Gasteiger partial charge >= 0.3 is 5.97 Å². The lowest BCUT2D eigenvalue weighted by Gasteiger charge is -2.59. The second-order valence-electron chi connectivity index (χ2n) is 11.7. The van der Waals surface area contributed by atoms with Gasteiger partial charge < -0.3 is 9.47 Å². The molecular formula is C33H37O3P. The van der Waals surface area contributed by atoms with E-state index in [9.17, 15) is 4.79 Å². The van der Waals surface area contributed by atoms with Crippen molar-refractivity contribution in [2.24, 2.45) is 23.7 Å². The van der Waals surface area contributed by atoms with E-state index in [1.165, 1.54) is 48.0 Å². The van der Waals surface area contributed by atoms with Crippen molar-refractivity contribution in [3.63, 3.8) is 0 Å². The van der Waals surface area contributed by atoms with Crippen molar-refractivity contribution in [3.05, 3.63) is 83.9 Å². The summed E-state index contributed by atoms with van der Waals surface area (Å²) >= 11 is 0. The van der Waals surface area contributed by atoms with Gasteiger partial charge in [-0.2, -0.15) is 0 Å². The van der Waals surface area contributed by atoms with E-state index >= 15 is 0 Å². The molecule has 3 aromatic carbocycles. The topological polar surface area (TPSA) is 35.5 Å². The first kappa shape index (κ1) is 24.7. The number of hydrogen-bond acceptors (Lipinski definition) is 3. The molecule has 3 nitrogen and oxygen atoms in total. The number of esters is 1. The summed E-state index contributed by atoms with van der Waals surface area (Å²) in [7, 11) is -0.684. The largest absolute Gasteiger partial charge is 0.481 e. The van der Waals surface area contributed by atoms with Crippen molar-refractivity contribution in [2.75, 3.05) is 6.61 Å². The van der Waals surface area contributed by atoms with Crippen LogP contribution in [0, 0.1) is 37.5 Å². The quantitative estimate of drug-likeness (QED) is 0.279. The first-order chi connectivity index (χ1) is 17.9. The number of ether oxygens (including phenoxy) is 2. The van der Waals surface area contributed by atoms with E-state index in [0.29, 0.717) is 11.8 Å². The molecule has 0 heterocycles. The molecule has 0 amide bonds. The van der Waals surface area contributed by atoms with Crippen LogP contribution in [0.3, 0.4) is 0 Å². The molecule has 0 unspecified atom stereocenters. The third-order valence-electron chi connectivity index (χ3n) is 9.16. The molecule has 0 atom stereocenters. The maximum atomic E-state index is 13.0. The van der Waals surface area contributed by atoms with Gasteiger partial charge in [-0.1, -0.05) is 60.7 Å². The van der Waals surface area contributed by atoms with Crippen LogP contribution in [0.5, 0.6) is 5.75 Å². The van der Waals surface area contributed by atoms with Crippen molar-refractivity contribution in [1.29, 1.82) is 0 Å². The summed E-state index contributed by atoms with van der Waals surface area (Å²) in [5.74, 6) is 3.32. The summed E-state index contributed by atoms with van der Waals surface area (Å²) in [4.78, 5) is 13.0. The maximum absolute atomic E-state index is 13.0. The summed E-state index contributed by atoms with van der Waals surface area (Å²) in [5.41, 5.74) is 1.80. The first-order valence-electron chi connectivity index (χ1n) is 13.8. The van der Waals surface area contributed by atoms with Gasteiger partial charge in [-0.3, -0.25) is 0 Å². The monoisotopic (exact) mass is 512 g/mol. The van der Waals surface area contributed by atoms with E-state index in [4.69, 9.17) is 9.47 Å². The maximum Gasteiger partial charge on any atom is 0.344 e. The molecule has 7 rings (SSSR count). The van der Waals surface area contributed by atoms with Gasteiger partial charge in [0.05, 0.1) is 0 Å². The Hall–Kier alpha value is -2.64. The Morgan fingerprint density at radius 3 is 1.76 bits per heavy atom. The number of aryl methyl sites for hydroxylation is 2. The van der Waals surface area contributed by atoms with Crippen LogP contribution < -0.4 is 20.7 Å². The van der Waals surface area contributed by atoms with Gasteiger partial charge in [0.1, 0.15) is 11.4 Å². The number of carbonyl (C=O) groups is 1. The third-order valence-corrected chi connectivity index (χ3v) is 11.6. The zero-order valence-electron chi connectivity index (χ0n) is 22.2. The van der Waals surface area contributed by atoms with E-state index in [0.717, 1.165) is 28.7 Å². The molecule has 4 aliphatic carbocycles. The van der Waals surface area contributed by atoms with Crippen LogP contribution in [0.4, 0.5) is 0 Å². The lowest BCUT2D eigenvalue weighted by atomic mass is 9.50. The van der Waals surface area contributed by atoms with Crippen LogP contribution in [-0.4, -0.2) is 18.2 Å². The van der Waals surface area contributed by atoms with Crippen molar-refractivity contribution in [3.8, 4) is 5.75 Å². The van der Waals surface area contributed by atoms with Gasteiger partial charge in [-0.25, -0.2) is 4.79 Å².